The topological polar surface area (TPSA) is 50.7 Å². The minimum absolute atomic E-state index is 0.0474. The number of hydrogen-bond acceptors (Lipinski definition) is 3. The van der Waals surface area contributed by atoms with Crippen molar-refractivity contribution in [3.05, 3.63) is 101 Å². The second-order valence-corrected chi connectivity index (χ2v) is 8.97. The van der Waals surface area contributed by atoms with Gasteiger partial charge in [-0.25, -0.2) is 5.43 Å². The SMILES string of the molecule is CCCCOc1ccc(/C=N/NC(=O)C2CC2(c2cccc(C)c2)c2cccc(C)c2)cc1. The number of nitrogens with zero attached hydrogens (tertiary/aromatic N) is 1. The van der Waals surface area contributed by atoms with Crippen LogP contribution in [0.1, 0.15) is 54.0 Å². The van der Waals surface area contributed by atoms with Crippen LogP contribution >= 0.6 is 0 Å². The first-order valence-electron chi connectivity index (χ1n) is 11.7. The highest BCUT2D eigenvalue weighted by Gasteiger charge is 2.60. The van der Waals surface area contributed by atoms with Crippen molar-refractivity contribution in [3.8, 4) is 5.75 Å². The molecule has 0 aliphatic heterocycles. The molecule has 0 spiro atoms. The van der Waals surface area contributed by atoms with E-state index >= 15 is 0 Å². The van der Waals surface area contributed by atoms with Gasteiger partial charge in [0.15, 0.2) is 0 Å². The van der Waals surface area contributed by atoms with Crippen LogP contribution in [-0.2, 0) is 10.2 Å². The van der Waals surface area contributed by atoms with Crippen LogP contribution in [0.5, 0.6) is 5.75 Å². The van der Waals surface area contributed by atoms with E-state index in [1.54, 1.807) is 6.21 Å². The summed E-state index contributed by atoms with van der Waals surface area (Å²) >= 11 is 0. The number of carbonyl (C=O) groups excluding carboxylic acids is 1. The molecule has 1 N–H and O–H groups in total. The summed E-state index contributed by atoms with van der Waals surface area (Å²) in [6.45, 7) is 7.06. The third-order valence-electron chi connectivity index (χ3n) is 6.38. The Hall–Kier alpha value is -3.40. The van der Waals surface area contributed by atoms with Crippen LogP contribution in [0.3, 0.4) is 0 Å². The van der Waals surface area contributed by atoms with Crippen LogP contribution in [0.4, 0.5) is 0 Å². The zero-order valence-electron chi connectivity index (χ0n) is 19.7. The van der Waals surface area contributed by atoms with Gasteiger partial charge in [-0.05, 0) is 67.6 Å². The molecule has 1 fully saturated rings. The number of hydrogen-bond donors (Lipinski definition) is 1. The van der Waals surface area contributed by atoms with Gasteiger partial charge in [0.25, 0.3) is 0 Å². The maximum absolute atomic E-state index is 13.1. The molecular formula is C29H32N2O2. The number of nitrogens with one attached hydrogen (secondary N) is 1. The molecule has 1 aliphatic rings. The number of amides is 1. The lowest BCUT2D eigenvalue weighted by molar-refractivity contribution is -0.122. The summed E-state index contributed by atoms with van der Waals surface area (Å²) in [5.41, 5.74) is 8.17. The van der Waals surface area contributed by atoms with Crippen molar-refractivity contribution in [2.75, 3.05) is 6.61 Å². The van der Waals surface area contributed by atoms with Gasteiger partial charge in [-0.2, -0.15) is 5.10 Å². The van der Waals surface area contributed by atoms with E-state index in [0.717, 1.165) is 37.2 Å². The Morgan fingerprint density at radius 3 is 2.24 bits per heavy atom. The monoisotopic (exact) mass is 440 g/mol. The lowest BCUT2D eigenvalue weighted by atomic mass is 9.84. The van der Waals surface area contributed by atoms with Gasteiger partial charge in [0, 0.05) is 5.41 Å². The van der Waals surface area contributed by atoms with Gasteiger partial charge in [-0.1, -0.05) is 73.0 Å². The molecule has 0 saturated heterocycles. The van der Waals surface area contributed by atoms with Crippen molar-refractivity contribution in [1.29, 1.82) is 0 Å². The van der Waals surface area contributed by atoms with E-state index in [1.165, 1.54) is 22.3 Å². The molecule has 0 bridgehead atoms. The molecule has 1 unspecified atom stereocenters. The molecule has 4 nitrogen and oxygen atoms in total. The van der Waals surface area contributed by atoms with E-state index in [1.807, 2.05) is 24.3 Å². The van der Waals surface area contributed by atoms with Gasteiger partial charge in [-0.3, -0.25) is 4.79 Å². The van der Waals surface area contributed by atoms with Crippen LogP contribution in [-0.4, -0.2) is 18.7 Å². The summed E-state index contributed by atoms with van der Waals surface area (Å²) < 4.78 is 5.69. The molecule has 33 heavy (non-hydrogen) atoms. The molecule has 0 aromatic heterocycles. The summed E-state index contributed by atoms with van der Waals surface area (Å²) in [5.74, 6) is 0.657. The second-order valence-electron chi connectivity index (χ2n) is 8.97. The highest BCUT2D eigenvalue weighted by molar-refractivity contribution is 5.87. The van der Waals surface area contributed by atoms with Gasteiger partial charge < -0.3 is 4.74 Å². The van der Waals surface area contributed by atoms with E-state index in [4.69, 9.17) is 4.74 Å². The van der Waals surface area contributed by atoms with Crippen molar-refractivity contribution in [2.45, 2.75) is 45.4 Å². The Kier molecular flexibility index (Phi) is 6.93. The molecule has 1 atom stereocenters. The van der Waals surface area contributed by atoms with Crippen molar-refractivity contribution in [2.24, 2.45) is 11.0 Å². The summed E-state index contributed by atoms with van der Waals surface area (Å²) in [6, 6.07) is 24.7. The van der Waals surface area contributed by atoms with E-state index in [9.17, 15) is 4.79 Å². The van der Waals surface area contributed by atoms with Gasteiger partial charge >= 0.3 is 0 Å². The zero-order chi connectivity index (χ0) is 23.3. The minimum atomic E-state index is -0.297. The fourth-order valence-electron chi connectivity index (χ4n) is 4.46. The average molecular weight is 441 g/mol. The number of carbonyl (C=O) groups is 1. The molecule has 3 aromatic carbocycles. The maximum Gasteiger partial charge on any atom is 0.244 e. The number of ether oxygens (including phenoxy) is 1. The standard InChI is InChI=1S/C29H32N2O2/c1-4-5-16-33-26-14-12-23(13-15-26)20-30-31-28(32)27-19-29(27,24-10-6-8-21(2)17-24)25-11-7-9-22(3)18-25/h6-15,17-18,20,27H,4-5,16,19H2,1-3H3,(H,31,32)/b30-20+. The summed E-state index contributed by atoms with van der Waals surface area (Å²) in [5, 5.41) is 4.23. The summed E-state index contributed by atoms with van der Waals surface area (Å²) in [6.07, 6.45) is 4.62. The molecule has 1 amide bonds. The van der Waals surface area contributed by atoms with Gasteiger partial charge in [0.1, 0.15) is 5.75 Å². The lowest BCUT2D eigenvalue weighted by Gasteiger charge is -2.19. The molecular weight excluding hydrogens is 408 g/mol. The van der Waals surface area contributed by atoms with Gasteiger partial charge in [0.2, 0.25) is 5.91 Å². The van der Waals surface area contributed by atoms with Crippen molar-refractivity contribution in [3.63, 3.8) is 0 Å². The molecule has 1 aliphatic carbocycles. The predicted octanol–water partition coefficient (Wildman–Crippen LogP) is 5.94. The fraction of sp³-hybridized carbons (Fsp3) is 0.310. The second kappa shape index (κ2) is 10.0. The predicted molar refractivity (Wildman–Crippen MR) is 134 cm³/mol. The minimum Gasteiger partial charge on any atom is -0.494 e. The molecule has 1 saturated carbocycles. The molecule has 3 aromatic rings. The van der Waals surface area contributed by atoms with Crippen LogP contribution in [0.2, 0.25) is 0 Å². The zero-order valence-corrected chi connectivity index (χ0v) is 19.7. The quantitative estimate of drug-likeness (QED) is 0.254. The molecule has 4 rings (SSSR count). The highest BCUT2D eigenvalue weighted by atomic mass is 16.5. The Balaban J connectivity index is 1.45. The first kappa shape index (κ1) is 22.8. The van der Waals surface area contributed by atoms with Crippen molar-refractivity contribution >= 4 is 12.1 Å². The van der Waals surface area contributed by atoms with E-state index in [0.29, 0.717) is 0 Å². The van der Waals surface area contributed by atoms with Crippen LogP contribution in [0.25, 0.3) is 0 Å². The third kappa shape index (κ3) is 5.16. The van der Waals surface area contributed by atoms with E-state index in [-0.39, 0.29) is 17.2 Å². The summed E-state index contributed by atoms with van der Waals surface area (Å²) in [7, 11) is 0. The van der Waals surface area contributed by atoms with Crippen LogP contribution in [0, 0.1) is 19.8 Å². The number of benzene rings is 3. The van der Waals surface area contributed by atoms with Crippen LogP contribution in [0.15, 0.2) is 77.9 Å². The van der Waals surface area contributed by atoms with E-state index < -0.39 is 0 Å². The molecule has 0 heterocycles. The van der Waals surface area contributed by atoms with Crippen LogP contribution < -0.4 is 10.2 Å². The Morgan fingerprint density at radius 2 is 1.67 bits per heavy atom. The van der Waals surface area contributed by atoms with Gasteiger partial charge in [0.05, 0.1) is 18.7 Å². The smallest absolute Gasteiger partial charge is 0.244 e. The number of hydrazone groups is 1. The van der Waals surface area contributed by atoms with Gasteiger partial charge in [-0.15, -0.1) is 0 Å². The average Bonchev–Trinajstić information content (AvgIpc) is 3.58. The highest BCUT2D eigenvalue weighted by Crippen LogP contribution is 2.59. The number of rotatable bonds is 9. The van der Waals surface area contributed by atoms with Crippen molar-refractivity contribution in [1.82, 2.24) is 5.43 Å². The normalized spacial score (nSPS) is 16.5. The Bertz CT molecular complexity index is 1090. The summed E-state index contributed by atoms with van der Waals surface area (Å²) in [4.78, 5) is 13.1. The number of aryl methyl sites for hydroxylation is 2. The van der Waals surface area contributed by atoms with Crippen molar-refractivity contribution < 1.29 is 9.53 Å². The number of unbranched alkanes of at least 4 members (excludes halogenated alkanes) is 1. The lowest BCUT2D eigenvalue weighted by Crippen LogP contribution is -2.25. The Labute approximate surface area is 196 Å². The Morgan fingerprint density at radius 1 is 1.03 bits per heavy atom. The fourth-order valence-corrected chi connectivity index (χ4v) is 4.46. The first-order valence-corrected chi connectivity index (χ1v) is 11.7. The third-order valence-corrected chi connectivity index (χ3v) is 6.38. The largest absolute Gasteiger partial charge is 0.494 e. The maximum atomic E-state index is 13.1. The molecule has 4 heteroatoms. The molecule has 170 valence electrons. The molecule has 0 radical (unpaired) electrons. The van der Waals surface area contributed by atoms with E-state index in [2.05, 4.69) is 79.8 Å². The first-order chi connectivity index (χ1) is 16.0.